The molecular formula is C27H33NO5. The first-order valence-electron chi connectivity index (χ1n) is 11.5. The number of aliphatic hydroxyl groups is 1. The Hall–Kier alpha value is -2.86. The summed E-state index contributed by atoms with van der Waals surface area (Å²) in [6.07, 6.45) is 3.23. The summed E-state index contributed by atoms with van der Waals surface area (Å²) < 4.78 is 10.4. The lowest BCUT2D eigenvalue weighted by atomic mass is 9.49. The second-order valence-corrected chi connectivity index (χ2v) is 10.1. The van der Waals surface area contributed by atoms with E-state index in [1.807, 2.05) is 12.1 Å². The molecule has 2 aromatic carbocycles. The molecule has 0 spiro atoms. The maximum atomic E-state index is 13.1. The van der Waals surface area contributed by atoms with E-state index in [0.29, 0.717) is 28.5 Å². The van der Waals surface area contributed by atoms with Gasteiger partial charge < -0.3 is 19.9 Å². The topological polar surface area (TPSA) is 84.9 Å². The van der Waals surface area contributed by atoms with Crippen molar-refractivity contribution in [3.05, 3.63) is 58.7 Å². The number of amides is 1. The van der Waals surface area contributed by atoms with Crippen LogP contribution in [-0.4, -0.2) is 37.3 Å². The molecule has 0 aliphatic heterocycles. The van der Waals surface area contributed by atoms with Gasteiger partial charge in [0, 0.05) is 5.69 Å². The Bertz CT molecular complexity index is 1070. The number of esters is 1. The molecule has 2 aromatic rings. The summed E-state index contributed by atoms with van der Waals surface area (Å²) in [5.41, 5.74) is 3.67. The summed E-state index contributed by atoms with van der Waals surface area (Å²) in [6, 6.07) is 10.6. The van der Waals surface area contributed by atoms with Crippen LogP contribution in [-0.2, 0) is 16.6 Å². The van der Waals surface area contributed by atoms with Crippen LogP contribution in [0.4, 0.5) is 5.69 Å². The molecule has 3 atom stereocenters. The van der Waals surface area contributed by atoms with Crippen molar-refractivity contribution in [2.45, 2.75) is 58.0 Å². The van der Waals surface area contributed by atoms with Gasteiger partial charge in [0.15, 0.2) is 0 Å². The first-order chi connectivity index (χ1) is 15.6. The molecule has 176 valence electrons. The molecule has 33 heavy (non-hydrogen) atoms. The predicted octanol–water partition coefficient (Wildman–Crippen LogP) is 4.74. The largest absolute Gasteiger partial charge is 0.496 e. The summed E-state index contributed by atoms with van der Waals surface area (Å²) >= 11 is 0. The highest BCUT2D eigenvalue weighted by Gasteiger charge is 2.53. The second-order valence-electron chi connectivity index (χ2n) is 10.1. The highest BCUT2D eigenvalue weighted by atomic mass is 16.5. The highest BCUT2D eigenvalue weighted by Crippen LogP contribution is 2.57. The van der Waals surface area contributed by atoms with Crippen molar-refractivity contribution >= 4 is 17.6 Å². The SMILES string of the molecule is COC(=O)c1ccc(NC(=O)c2cc3c(cc2OC)[C@@]2(C)CC[C@H](O)C(C)(C)[C@@H]2CC3)cc1. The van der Waals surface area contributed by atoms with Gasteiger partial charge >= 0.3 is 5.97 Å². The molecule has 0 unspecified atom stereocenters. The fourth-order valence-electron chi connectivity index (χ4n) is 6.06. The number of nitrogens with one attached hydrogen (secondary N) is 1. The molecule has 2 aliphatic rings. The van der Waals surface area contributed by atoms with E-state index in [4.69, 9.17) is 9.47 Å². The number of fused-ring (bicyclic) bond motifs is 3. The number of hydrogen-bond donors (Lipinski definition) is 2. The number of methoxy groups -OCH3 is 2. The van der Waals surface area contributed by atoms with Crippen molar-refractivity contribution in [2.24, 2.45) is 11.3 Å². The average molecular weight is 452 g/mol. The summed E-state index contributed by atoms with van der Waals surface area (Å²) in [7, 11) is 2.92. The zero-order valence-corrected chi connectivity index (χ0v) is 20.0. The molecule has 0 saturated heterocycles. The lowest BCUT2D eigenvalue weighted by Crippen LogP contribution is -2.53. The Kier molecular flexibility index (Phi) is 5.99. The lowest BCUT2D eigenvalue weighted by Gasteiger charge is -2.56. The second kappa shape index (κ2) is 8.49. The summed E-state index contributed by atoms with van der Waals surface area (Å²) in [5, 5.41) is 13.6. The van der Waals surface area contributed by atoms with Crippen LogP contribution in [0.1, 0.15) is 71.9 Å². The third-order valence-electron chi connectivity index (χ3n) is 8.01. The molecule has 1 saturated carbocycles. The van der Waals surface area contributed by atoms with Crippen LogP contribution in [0, 0.1) is 11.3 Å². The highest BCUT2D eigenvalue weighted by molar-refractivity contribution is 6.06. The summed E-state index contributed by atoms with van der Waals surface area (Å²) in [6.45, 7) is 6.65. The van der Waals surface area contributed by atoms with Gasteiger partial charge in [0.25, 0.3) is 5.91 Å². The maximum absolute atomic E-state index is 13.1. The van der Waals surface area contributed by atoms with Gasteiger partial charge in [0.1, 0.15) is 5.75 Å². The normalized spacial score (nSPS) is 25.4. The first-order valence-corrected chi connectivity index (χ1v) is 11.5. The van der Waals surface area contributed by atoms with Gasteiger partial charge in [-0.15, -0.1) is 0 Å². The minimum atomic E-state index is -0.422. The number of aliphatic hydroxyl groups excluding tert-OH is 1. The van der Waals surface area contributed by atoms with Gasteiger partial charge in [-0.25, -0.2) is 4.79 Å². The Morgan fingerprint density at radius 3 is 2.39 bits per heavy atom. The molecule has 2 N–H and O–H groups in total. The zero-order chi connectivity index (χ0) is 24.0. The number of hydrogen-bond acceptors (Lipinski definition) is 5. The number of benzene rings is 2. The number of carbonyl (C=O) groups is 2. The van der Waals surface area contributed by atoms with Gasteiger partial charge in [-0.05, 0) is 90.0 Å². The molecule has 1 amide bonds. The number of anilines is 1. The quantitative estimate of drug-likeness (QED) is 0.656. The van der Waals surface area contributed by atoms with E-state index < -0.39 is 5.97 Å². The standard InChI is InChI=1S/C27H33NO5/c1-26(2)22-11-8-17-14-19(21(32-4)15-20(17)27(22,3)13-12-23(26)29)24(30)28-18-9-6-16(7-10-18)25(31)33-5/h6-7,9-10,14-15,22-23,29H,8,11-13H2,1-5H3,(H,28,30)/t22-,23-,27+/m0/s1. The maximum Gasteiger partial charge on any atom is 0.337 e. The van der Waals surface area contributed by atoms with Crippen LogP contribution in [0.5, 0.6) is 5.75 Å². The van der Waals surface area contributed by atoms with Crippen molar-refractivity contribution in [1.82, 2.24) is 0 Å². The lowest BCUT2D eigenvalue weighted by molar-refractivity contribution is -0.0731. The van der Waals surface area contributed by atoms with Crippen molar-refractivity contribution in [3.63, 3.8) is 0 Å². The van der Waals surface area contributed by atoms with Crippen molar-refractivity contribution in [2.75, 3.05) is 19.5 Å². The monoisotopic (exact) mass is 451 g/mol. The molecule has 2 aliphatic carbocycles. The molecule has 6 nitrogen and oxygen atoms in total. The van der Waals surface area contributed by atoms with Crippen LogP contribution in [0.3, 0.4) is 0 Å². The fourth-order valence-corrected chi connectivity index (χ4v) is 6.06. The summed E-state index contributed by atoms with van der Waals surface area (Å²) in [4.78, 5) is 24.8. The van der Waals surface area contributed by atoms with E-state index >= 15 is 0 Å². The van der Waals surface area contributed by atoms with E-state index in [1.165, 1.54) is 18.2 Å². The Morgan fingerprint density at radius 1 is 1.06 bits per heavy atom. The Labute approximate surface area is 195 Å². The van der Waals surface area contributed by atoms with E-state index in [2.05, 4.69) is 26.1 Å². The van der Waals surface area contributed by atoms with Gasteiger partial charge in [-0.3, -0.25) is 4.79 Å². The number of aryl methyl sites for hydroxylation is 1. The molecule has 0 heterocycles. The van der Waals surface area contributed by atoms with Gasteiger partial charge in [-0.2, -0.15) is 0 Å². The first kappa shape index (κ1) is 23.3. The zero-order valence-electron chi connectivity index (χ0n) is 20.0. The van der Waals surface area contributed by atoms with Crippen LogP contribution < -0.4 is 10.1 Å². The molecule has 1 fully saturated rings. The van der Waals surface area contributed by atoms with E-state index in [0.717, 1.165) is 25.7 Å². The predicted molar refractivity (Wildman–Crippen MR) is 127 cm³/mol. The molecule has 0 aromatic heterocycles. The van der Waals surface area contributed by atoms with Gasteiger partial charge in [0.2, 0.25) is 0 Å². The van der Waals surface area contributed by atoms with E-state index in [9.17, 15) is 14.7 Å². The van der Waals surface area contributed by atoms with Crippen LogP contribution in [0.15, 0.2) is 36.4 Å². The minimum Gasteiger partial charge on any atom is -0.496 e. The molecule has 4 rings (SSSR count). The van der Waals surface area contributed by atoms with Crippen LogP contribution >= 0.6 is 0 Å². The van der Waals surface area contributed by atoms with Crippen molar-refractivity contribution < 1.29 is 24.2 Å². The third kappa shape index (κ3) is 3.90. The molecular weight excluding hydrogens is 418 g/mol. The average Bonchev–Trinajstić information content (AvgIpc) is 2.81. The van der Waals surface area contributed by atoms with Crippen LogP contribution in [0.25, 0.3) is 0 Å². The van der Waals surface area contributed by atoms with Gasteiger partial charge in [0.05, 0.1) is 31.5 Å². The van der Waals surface area contributed by atoms with Crippen LogP contribution in [0.2, 0.25) is 0 Å². The molecule has 0 radical (unpaired) electrons. The Morgan fingerprint density at radius 2 is 1.76 bits per heavy atom. The van der Waals surface area contributed by atoms with Crippen molar-refractivity contribution in [1.29, 1.82) is 0 Å². The third-order valence-corrected chi connectivity index (χ3v) is 8.01. The number of carbonyl (C=O) groups excluding carboxylic acids is 2. The van der Waals surface area contributed by atoms with Gasteiger partial charge in [-0.1, -0.05) is 20.8 Å². The number of ether oxygens (including phenoxy) is 2. The fraction of sp³-hybridized carbons (Fsp3) is 0.481. The Balaban J connectivity index is 1.64. The molecule has 0 bridgehead atoms. The van der Waals surface area contributed by atoms with Crippen molar-refractivity contribution in [3.8, 4) is 5.75 Å². The minimum absolute atomic E-state index is 0.0671. The number of rotatable bonds is 4. The molecule has 6 heteroatoms. The smallest absolute Gasteiger partial charge is 0.337 e. The summed E-state index contributed by atoms with van der Waals surface area (Å²) in [5.74, 6) is 0.226. The van der Waals surface area contributed by atoms with E-state index in [-0.39, 0.29) is 22.8 Å². The van der Waals surface area contributed by atoms with E-state index in [1.54, 1.807) is 31.4 Å².